The fourth-order valence-electron chi connectivity index (χ4n) is 4.87. The van der Waals surface area contributed by atoms with E-state index in [2.05, 4.69) is 33.8 Å². The van der Waals surface area contributed by atoms with Gasteiger partial charge in [0, 0.05) is 0 Å². The van der Waals surface area contributed by atoms with Crippen LogP contribution in [0.5, 0.6) is 5.75 Å². The number of rotatable bonds is 1. The molecule has 0 amide bonds. The van der Waals surface area contributed by atoms with E-state index in [4.69, 9.17) is 0 Å². The number of aromatic hydroxyl groups is 1. The summed E-state index contributed by atoms with van der Waals surface area (Å²) in [5.74, 6) is 1.98. The van der Waals surface area contributed by atoms with Gasteiger partial charge in [-0.25, -0.2) is 0 Å². The summed E-state index contributed by atoms with van der Waals surface area (Å²) in [5, 5.41) is 9.87. The fraction of sp³-hybridized carbons (Fsp3) is 0.667. The zero-order valence-corrected chi connectivity index (χ0v) is 12.9. The lowest BCUT2D eigenvalue weighted by Gasteiger charge is -2.40. The van der Waals surface area contributed by atoms with Crippen LogP contribution in [0.3, 0.4) is 0 Å². The minimum absolute atomic E-state index is 0.422. The minimum atomic E-state index is 0.422. The second kappa shape index (κ2) is 3.77. The second-order valence-corrected chi connectivity index (χ2v) is 7.66. The largest absolute Gasteiger partial charge is 0.508 e. The van der Waals surface area contributed by atoms with Gasteiger partial charge in [-0.05, 0) is 78.5 Å². The van der Waals surface area contributed by atoms with Gasteiger partial charge in [-0.15, -0.1) is 0 Å². The van der Waals surface area contributed by atoms with Crippen LogP contribution in [0.2, 0.25) is 0 Å². The molecule has 0 radical (unpaired) electrons. The van der Waals surface area contributed by atoms with Crippen LogP contribution in [0, 0.1) is 30.6 Å². The molecule has 2 aliphatic rings. The van der Waals surface area contributed by atoms with Crippen molar-refractivity contribution in [1.82, 2.24) is 0 Å². The van der Waals surface area contributed by atoms with Gasteiger partial charge >= 0.3 is 0 Å². The summed E-state index contributed by atoms with van der Waals surface area (Å²) in [6, 6.07) is 4.18. The third kappa shape index (κ3) is 1.53. The molecule has 2 bridgehead atoms. The number of hydrogen-bond acceptors (Lipinski definition) is 1. The van der Waals surface area contributed by atoms with E-state index in [-0.39, 0.29) is 0 Å². The van der Waals surface area contributed by atoms with Crippen molar-refractivity contribution in [3.8, 4) is 5.75 Å². The summed E-state index contributed by atoms with van der Waals surface area (Å²) in [7, 11) is 0. The van der Waals surface area contributed by atoms with Crippen LogP contribution in [-0.4, -0.2) is 5.11 Å². The van der Waals surface area contributed by atoms with E-state index in [0.29, 0.717) is 22.5 Å². The molecule has 2 aliphatic carbocycles. The molecule has 104 valence electrons. The number of fused-ring (bicyclic) bond motifs is 2. The molecule has 1 N–H and O–H groups in total. The highest BCUT2D eigenvalue weighted by Gasteiger charge is 2.61. The summed E-state index contributed by atoms with van der Waals surface area (Å²) in [6.07, 6.45) is 4.08. The number of benzene rings is 1. The van der Waals surface area contributed by atoms with Crippen molar-refractivity contribution in [3.63, 3.8) is 0 Å². The summed E-state index contributed by atoms with van der Waals surface area (Å²) in [6.45, 7) is 11.6. The lowest BCUT2D eigenvalue weighted by atomic mass is 9.64. The summed E-state index contributed by atoms with van der Waals surface area (Å²) in [5.41, 5.74) is 4.64. The normalized spacial score (nSPS) is 35.8. The van der Waals surface area contributed by atoms with Crippen molar-refractivity contribution in [1.29, 1.82) is 0 Å². The van der Waals surface area contributed by atoms with E-state index in [9.17, 15) is 5.11 Å². The van der Waals surface area contributed by atoms with Gasteiger partial charge in [0.05, 0.1) is 0 Å². The molecule has 0 unspecified atom stereocenters. The highest BCUT2D eigenvalue weighted by Crippen LogP contribution is 2.71. The molecule has 3 rings (SSSR count). The van der Waals surface area contributed by atoms with Crippen LogP contribution in [0.25, 0.3) is 0 Å². The van der Waals surface area contributed by atoms with E-state index in [1.54, 1.807) is 0 Å². The Morgan fingerprint density at radius 2 is 1.79 bits per heavy atom. The SMILES string of the molecule is Cc1cc([C@@H]2C[C@H]3CC[C@]2(C)C3(C)C)c(C)cc1O. The summed E-state index contributed by atoms with van der Waals surface area (Å²) in [4.78, 5) is 0. The molecule has 1 nitrogen and oxygen atoms in total. The molecule has 0 spiro atoms. The molecule has 1 aromatic rings. The average Bonchev–Trinajstić information content (AvgIpc) is 2.66. The zero-order chi connectivity index (χ0) is 14.0. The number of hydrogen-bond donors (Lipinski definition) is 1. The Bertz CT molecular complexity index is 529. The molecule has 0 saturated heterocycles. The van der Waals surface area contributed by atoms with Gasteiger partial charge in [-0.1, -0.05) is 26.8 Å². The first-order chi connectivity index (χ1) is 8.77. The maximum atomic E-state index is 9.87. The molecule has 1 heteroatoms. The van der Waals surface area contributed by atoms with Gasteiger partial charge in [0.25, 0.3) is 0 Å². The average molecular weight is 258 g/mol. The minimum Gasteiger partial charge on any atom is -0.508 e. The maximum Gasteiger partial charge on any atom is 0.118 e. The number of aryl methyl sites for hydroxylation is 2. The predicted molar refractivity (Wildman–Crippen MR) is 79.6 cm³/mol. The van der Waals surface area contributed by atoms with E-state index in [1.807, 2.05) is 13.0 Å². The molecule has 0 heterocycles. The molecule has 1 aromatic carbocycles. The van der Waals surface area contributed by atoms with Crippen molar-refractivity contribution in [2.75, 3.05) is 0 Å². The zero-order valence-electron chi connectivity index (χ0n) is 12.9. The Hall–Kier alpha value is -0.980. The van der Waals surface area contributed by atoms with Gasteiger partial charge in [-0.2, -0.15) is 0 Å². The van der Waals surface area contributed by atoms with Crippen LogP contribution in [0.15, 0.2) is 12.1 Å². The van der Waals surface area contributed by atoms with E-state index < -0.39 is 0 Å². The van der Waals surface area contributed by atoms with Crippen molar-refractivity contribution in [2.45, 2.75) is 59.8 Å². The fourth-order valence-corrected chi connectivity index (χ4v) is 4.87. The Balaban J connectivity index is 2.08. The van der Waals surface area contributed by atoms with Crippen LogP contribution in [0.4, 0.5) is 0 Å². The summed E-state index contributed by atoms with van der Waals surface area (Å²) >= 11 is 0. The third-order valence-corrected chi connectivity index (χ3v) is 6.75. The molecule has 0 aliphatic heterocycles. The van der Waals surface area contributed by atoms with Crippen molar-refractivity contribution in [3.05, 3.63) is 28.8 Å². The number of phenols is 1. The number of phenolic OH excluding ortho intramolecular Hbond substituents is 1. The van der Waals surface area contributed by atoms with Gasteiger partial charge < -0.3 is 5.11 Å². The Labute approximate surface area is 117 Å². The molecular weight excluding hydrogens is 232 g/mol. The highest BCUT2D eigenvalue weighted by atomic mass is 16.3. The predicted octanol–water partition coefficient (Wildman–Crippen LogP) is 4.94. The van der Waals surface area contributed by atoms with E-state index in [0.717, 1.165) is 11.5 Å². The first-order valence-corrected chi connectivity index (χ1v) is 7.57. The van der Waals surface area contributed by atoms with E-state index in [1.165, 1.54) is 30.4 Å². The Morgan fingerprint density at radius 1 is 1.11 bits per heavy atom. The second-order valence-electron chi connectivity index (χ2n) is 7.66. The third-order valence-electron chi connectivity index (χ3n) is 6.75. The molecule has 19 heavy (non-hydrogen) atoms. The monoisotopic (exact) mass is 258 g/mol. The topological polar surface area (TPSA) is 20.2 Å². The summed E-state index contributed by atoms with van der Waals surface area (Å²) < 4.78 is 0. The van der Waals surface area contributed by atoms with Gasteiger partial charge in [0.1, 0.15) is 5.75 Å². The Morgan fingerprint density at radius 3 is 2.32 bits per heavy atom. The highest BCUT2D eigenvalue weighted by molar-refractivity contribution is 5.44. The van der Waals surface area contributed by atoms with E-state index >= 15 is 0 Å². The van der Waals surface area contributed by atoms with Crippen LogP contribution in [-0.2, 0) is 0 Å². The van der Waals surface area contributed by atoms with Crippen LogP contribution < -0.4 is 0 Å². The smallest absolute Gasteiger partial charge is 0.118 e. The molecule has 0 aromatic heterocycles. The molecular formula is C18H26O. The van der Waals surface area contributed by atoms with Gasteiger partial charge in [0.15, 0.2) is 0 Å². The quantitative estimate of drug-likeness (QED) is 0.756. The lowest BCUT2D eigenvalue weighted by molar-refractivity contribution is 0.134. The standard InChI is InChI=1S/C18H26O/c1-11-9-16(19)12(2)8-14(11)15-10-13-6-7-18(15,5)17(13,3)4/h8-9,13,15,19H,6-7,10H2,1-5H3/t13-,15+,18+/m1/s1. The van der Waals surface area contributed by atoms with Gasteiger partial charge in [-0.3, -0.25) is 0 Å². The lowest BCUT2D eigenvalue weighted by Crippen LogP contribution is -2.31. The van der Waals surface area contributed by atoms with Crippen molar-refractivity contribution in [2.24, 2.45) is 16.7 Å². The van der Waals surface area contributed by atoms with Crippen molar-refractivity contribution < 1.29 is 5.11 Å². The van der Waals surface area contributed by atoms with Gasteiger partial charge in [0.2, 0.25) is 0 Å². The van der Waals surface area contributed by atoms with Crippen molar-refractivity contribution >= 4 is 0 Å². The molecule has 3 atom stereocenters. The first kappa shape index (κ1) is 13.0. The van der Waals surface area contributed by atoms with Crippen LogP contribution in [0.1, 0.15) is 62.6 Å². The first-order valence-electron chi connectivity index (χ1n) is 7.57. The van der Waals surface area contributed by atoms with Crippen LogP contribution >= 0.6 is 0 Å². The Kier molecular flexibility index (Phi) is 2.59. The maximum absolute atomic E-state index is 9.87. The molecule has 2 saturated carbocycles. The molecule has 2 fully saturated rings.